The standard InChI is InChI=1S/C25H22F3N3O2S.ClH/c1-23(33)11-24(29,12-23)17-9-7-16(8-10-17)20-18(15-5-3-2-4-6-15)19-21(34-20)30-14-31(22(19)32)13-25(26,27)28;/h2-10,14,33H,11-13,29H2,1H3;1H/t23-,24-;. The van der Waals surface area contributed by atoms with Crippen LogP contribution in [0.4, 0.5) is 13.2 Å². The van der Waals surface area contributed by atoms with Crippen LogP contribution in [0.15, 0.2) is 65.7 Å². The number of rotatable bonds is 4. The minimum Gasteiger partial charge on any atom is -0.390 e. The van der Waals surface area contributed by atoms with Gasteiger partial charge in [-0.25, -0.2) is 4.98 Å². The first-order valence-corrected chi connectivity index (χ1v) is 11.5. The summed E-state index contributed by atoms with van der Waals surface area (Å²) in [7, 11) is 0. The Morgan fingerprint density at radius 1 is 1.09 bits per heavy atom. The molecule has 3 N–H and O–H groups in total. The first kappa shape index (κ1) is 25.4. The minimum atomic E-state index is -4.54. The molecule has 35 heavy (non-hydrogen) atoms. The molecule has 2 heterocycles. The van der Waals surface area contributed by atoms with Crippen molar-refractivity contribution < 1.29 is 18.3 Å². The van der Waals surface area contributed by atoms with Gasteiger partial charge in [-0.3, -0.25) is 9.36 Å². The summed E-state index contributed by atoms with van der Waals surface area (Å²) in [6.45, 7) is 0.361. The van der Waals surface area contributed by atoms with Crippen molar-refractivity contribution in [3.8, 4) is 21.6 Å². The van der Waals surface area contributed by atoms with Crippen molar-refractivity contribution in [2.24, 2.45) is 5.73 Å². The number of nitrogens with two attached hydrogens (primary N) is 1. The van der Waals surface area contributed by atoms with Crippen LogP contribution < -0.4 is 11.3 Å². The summed E-state index contributed by atoms with van der Waals surface area (Å²) in [5.41, 5.74) is 7.35. The van der Waals surface area contributed by atoms with Crippen LogP contribution in [0.25, 0.3) is 31.8 Å². The topological polar surface area (TPSA) is 81.1 Å². The third kappa shape index (κ3) is 4.73. The van der Waals surface area contributed by atoms with E-state index in [9.17, 15) is 23.1 Å². The van der Waals surface area contributed by atoms with Crippen molar-refractivity contribution in [1.82, 2.24) is 9.55 Å². The molecule has 0 amide bonds. The predicted octanol–water partition coefficient (Wildman–Crippen LogP) is 5.47. The van der Waals surface area contributed by atoms with E-state index in [0.717, 1.165) is 27.9 Å². The number of thiophene rings is 1. The van der Waals surface area contributed by atoms with Crippen molar-refractivity contribution in [3.05, 3.63) is 76.8 Å². The summed E-state index contributed by atoms with van der Waals surface area (Å²) >= 11 is 1.27. The molecule has 0 atom stereocenters. The Bertz CT molecular complexity index is 1420. The zero-order chi connectivity index (χ0) is 24.3. The summed E-state index contributed by atoms with van der Waals surface area (Å²) < 4.78 is 39.7. The molecule has 1 saturated carbocycles. The number of alkyl halides is 3. The maximum atomic E-state index is 13.1. The van der Waals surface area contributed by atoms with E-state index in [1.807, 2.05) is 54.6 Å². The Hall–Kier alpha value is -2.72. The quantitative estimate of drug-likeness (QED) is 0.373. The van der Waals surface area contributed by atoms with Gasteiger partial charge in [0.1, 0.15) is 11.4 Å². The number of fused-ring (bicyclic) bond motifs is 1. The highest BCUT2D eigenvalue weighted by Gasteiger charge is 2.49. The molecule has 0 saturated heterocycles. The van der Waals surface area contributed by atoms with Crippen molar-refractivity contribution in [2.45, 2.75) is 43.6 Å². The van der Waals surface area contributed by atoms with E-state index in [4.69, 9.17) is 5.73 Å². The highest BCUT2D eigenvalue weighted by atomic mass is 35.5. The third-order valence-corrected chi connectivity index (χ3v) is 7.35. The van der Waals surface area contributed by atoms with Crippen LogP contribution in [0, 0.1) is 0 Å². The molecule has 1 aliphatic carbocycles. The Kier molecular flexibility index (Phi) is 6.34. The molecule has 1 aliphatic rings. The molecular formula is C25H23ClF3N3O2S. The average Bonchev–Trinajstić information content (AvgIpc) is 3.14. The van der Waals surface area contributed by atoms with Crippen LogP contribution in [-0.2, 0) is 12.1 Å². The lowest BCUT2D eigenvalue weighted by Gasteiger charge is -2.49. The Balaban J connectivity index is 0.00000289. The highest BCUT2D eigenvalue weighted by molar-refractivity contribution is 7.22. The molecule has 2 aromatic carbocycles. The zero-order valence-electron chi connectivity index (χ0n) is 18.7. The molecule has 0 bridgehead atoms. The van der Waals surface area contributed by atoms with Crippen LogP contribution in [-0.4, -0.2) is 26.4 Å². The van der Waals surface area contributed by atoms with E-state index in [1.165, 1.54) is 11.3 Å². The molecule has 5 nitrogen and oxygen atoms in total. The van der Waals surface area contributed by atoms with Gasteiger partial charge >= 0.3 is 6.18 Å². The lowest BCUT2D eigenvalue weighted by molar-refractivity contribution is -0.141. The van der Waals surface area contributed by atoms with E-state index >= 15 is 0 Å². The van der Waals surface area contributed by atoms with Gasteiger partial charge in [0.15, 0.2) is 0 Å². The zero-order valence-corrected chi connectivity index (χ0v) is 20.3. The molecule has 5 rings (SSSR count). The van der Waals surface area contributed by atoms with Crippen molar-refractivity contribution in [1.29, 1.82) is 0 Å². The Morgan fingerprint density at radius 2 is 1.71 bits per heavy atom. The molecule has 2 aromatic heterocycles. The first-order valence-electron chi connectivity index (χ1n) is 10.7. The number of aliphatic hydroxyl groups is 1. The number of benzene rings is 2. The maximum absolute atomic E-state index is 13.1. The Labute approximate surface area is 209 Å². The molecule has 4 aromatic rings. The van der Waals surface area contributed by atoms with Crippen LogP contribution in [0.3, 0.4) is 0 Å². The summed E-state index contributed by atoms with van der Waals surface area (Å²) in [4.78, 5) is 18.4. The van der Waals surface area contributed by atoms with Gasteiger partial charge in [-0.1, -0.05) is 54.6 Å². The molecule has 10 heteroatoms. The van der Waals surface area contributed by atoms with E-state index in [-0.39, 0.29) is 17.8 Å². The summed E-state index contributed by atoms with van der Waals surface area (Å²) in [5.74, 6) is 0. The third-order valence-electron chi connectivity index (χ3n) is 6.21. The van der Waals surface area contributed by atoms with Crippen LogP contribution >= 0.6 is 23.7 Å². The average molecular weight is 522 g/mol. The number of hydrogen-bond acceptors (Lipinski definition) is 5. The van der Waals surface area contributed by atoms with Gasteiger partial charge in [0.05, 0.1) is 17.3 Å². The monoisotopic (exact) mass is 521 g/mol. The second-order valence-electron chi connectivity index (χ2n) is 9.23. The van der Waals surface area contributed by atoms with Crippen LogP contribution in [0.2, 0.25) is 0 Å². The van der Waals surface area contributed by atoms with Gasteiger partial charge in [-0.15, -0.1) is 23.7 Å². The lowest BCUT2D eigenvalue weighted by Crippen LogP contribution is -2.58. The lowest BCUT2D eigenvalue weighted by atomic mass is 9.63. The van der Waals surface area contributed by atoms with Gasteiger partial charge < -0.3 is 10.8 Å². The van der Waals surface area contributed by atoms with Gasteiger partial charge in [0.25, 0.3) is 5.56 Å². The molecule has 184 valence electrons. The molecule has 0 spiro atoms. The highest BCUT2D eigenvalue weighted by Crippen LogP contribution is 2.47. The fourth-order valence-electron chi connectivity index (χ4n) is 4.88. The summed E-state index contributed by atoms with van der Waals surface area (Å²) in [5, 5.41) is 10.3. The smallest absolute Gasteiger partial charge is 0.390 e. The van der Waals surface area contributed by atoms with Gasteiger partial charge in [-0.05, 0) is 36.5 Å². The van der Waals surface area contributed by atoms with Crippen molar-refractivity contribution in [2.75, 3.05) is 0 Å². The Morgan fingerprint density at radius 3 is 2.29 bits per heavy atom. The first-order chi connectivity index (χ1) is 16.0. The van der Waals surface area contributed by atoms with Crippen LogP contribution in [0.5, 0.6) is 0 Å². The molecule has 0 unspecified atom stereocenters. The largest absolute Gasteiger partial charge is 0.406 e. The van der Waals surface area contributed by atoms with Gasteiger partial charge in [0.2, 0.25) is 0 Å². The fraction of sp³-hybridized carbons (Fsp3) is 0.280. The van der Waals surface area contributed by atoms with Crippen LogP contribution in [0.1, 0.15) is 25.3 Å². The van der Waals surface area contributed by atoms with E-state index in [1.54, 1.807) is 6.92 Å². The molecule has 0 aliphatic heterocycles. The molecule has 0 radical (unpaired) electrons. The normalized spacial score (nSPS) is 22.0. The van der Waals surface area contributed by atoms with Crippen molar-refractivity contribution in [3.63, 3.8) is 0 Å². The molecular weight excluding hydrogens is 499 g/mol. The SMILES string of the molecule is C[C@]1(O)C[C@@](N)(c2ccc(-c3sc4ncn(CC(F)(F)F)c(=O)c4c3-c3ccccc3)cc2)C1.Cl. The molecule has 1 fully saturated rings. The number of aromatic nitrogens is 2. The second-order valence-corrected chi connectivity index (χ2v) is 10.2. The fourth-order valence-corrected chi connectivity index (χ4v) is 6.04. The predicted molar refractivity (Wildman–Crippen MR) is 134 cm³/mol. The maximum Gasteiger partial charge on any atom is 0.406 e. The van der Waals surface area contributed by atoms with Crippen molar-refractivity contribution >= 4 is 34.0 Å². The van der Waals surface area contributed by atoms with E-state index in [0.29, 0.717) is 27.8 Å². The summed E-state index contributed by atoms with van der Waals surface area (Å²) in [6, 6.07) is 16.7. The number of hydrogen-bond donors (Lipinski definition) is 2. The second kappa shape index (κ2) is 8.74. The van der Waals surface area contributed by atoms with Gasteiger partial charge in [-0.2, -0.15) is 13.2 Å². The number of nitrogens with zero attached hydrogens (tertiary/aromatic N) is 2. The summed E-state index contributed by atoms with van der Waals surface area (Å²) in [6.07, 6.45) is -2.66. The van der Waals surface area contributed by atoms with Gasteiger partial charge in [0, 0.05) is 16.0 Å². The van der Waals surface area contributed by atoms with E-state index < -0.39 is 29.4 Å². The number of halogens is 4. The minimum absolute atomic E-state index is 0. The van der Waals surface area contributed by atoms with E-state index in [2.05, 4.69) is 4.98 Å².